The van der Waals surface area contributed by atoms with Crippen molar-refractivity contribution >= 4 is 17.5 Å². The minimum Gasteiger partial charge on any atom is -0.459 e. The Hall–Kier alpha value is -2.60. The highest BCUT2D eigenvalue weighted by Gasteiger charge is 2.21. The fourth-order valence-corrected chi connectivity index (χ4v) is 2.35. The number of amides is 2. The molecule has 0 saturated heterocycles. The predicted octanol–water partition coefficient (Wildman–Crippen LogP) is 3.09. The lowest BCUT2D eigenvalue weighted by Crippen LogP contribution is -2.49. The molecule has 0 aliphatic carbocycles. The summed E-state index contributed by atoms with van der Waals surface area (Å²) < 4.78 is 5.08. The molecular weight excluding hydrogens is 318 g/mol. The summed E-state index contributed by atoms with van der Waals surface area (Å²) in [6.07, 6.45) is 3.00. The molecule has 0 aliphatic rings. The van der Waals surface area contributed by atoms with Gasteiger partial charge in [0.05, 0.1) is 6.26 Å². The minimum atomic E-state index is -0.406. The number of rotatable bonds is 7. The quantitative estimate of drug-likeness (QED) is 0.719. The van der Waals surface area contributed by atoms with Crippen molar-refractivity contribution in [2.24, 2.45) is 5.73 Å². The van der Waals surface area contributed by atoms with Crippen LogP contribution in [-0.4, -0.2) is 23.9 Å². The molecule has 6 nitrogen and oxygen atoms in total. The molecule has 134 valence electrons. The first kappa shape index (κ1) is 18.7. The van der Waals surface area contributed by atoms with Crippen LogP contribution in [-0.2, 0) is 0 Å². The van der Waals surface area contributed by atoms with Gasteiger partial charge in [0.25, 0.3) is 11.8 Å². The van der Waals surface area contributed by atoms with Crippen molar-refractivity contribution in [3.05, 3.63) is 53.5 Å². The second-order valence-electron chi connectivity index (χ2n) is 6.21. The predicted molar refractivity (Wildman–Crippen MR) is 97.7 cm³/mol. The molecule has 0 saturated carbocycles. The standard InChI is InChI=1S/C19H25N3O3/c1-4-19(20,5-2)12-21-17(23)14-9-8-13(3)15(11-14)22-18(24)16-7-6-10-25-16/h6-11H,4-5,12,20H2,1-3H3,(H,21,23)(H,22,24). The molecule has 6 heteroatoms. The molecule has 0 bridgehead atoms. The van der Waals surface area contributed by atoms with Gasteiger partial charge in [-0.2, -0.15) is 0 Å². The minimum absolute atomic E-state index is 0.216. The van der Waals surface area contributed by atoms with Gasteiger partial charge in [-0.15, -0.1) is 0 Å². The molecule has 4 N–H and O–H groups in total. The Bertz CT molecular complexity index is 734. The van der Waals surface area contributed by atoms with Crippen molar-refractivity contribution in [1.82, 2.24) is 5.32 Å². The number of nitrogens with one attached hydrogen (secondary N) is 2. The number of hydrogen-bond donors (Lipinski definition) is 3. The second kappa shape index (κ2) is 7.98. The van der Waals surface area contributed by atoms with E-state index in [2.05, 4.69) is 10.6 Å². The summed E-state index contributed by atoms with van der Waals surface area (Å²) in [5.41, 5.74) is 7.70. The summed E-state index contributed by atoms with van der Waals surface area (Å²) in [5.74, 6) is -0.359. The number of hydrogen-bond acceptors (Lipinski definition) is 4. The van der Waals surface area contributed by atoms with E-state index in [0.717, 1.165) is 18.4 Å². The van der Waals surface area contributed by atoms with E-state index in [1.54, 1.807) is 30.3 Å². The van der Waals surface area contributed by atoms with E-state index in [-0.39, 0.29) is 17.6 Å². The van der Waals surface area contributed by atoms with Gasteiger partial charge in [0.15, 0.2) is 5.76 Å². The second-order valence-corrected chi connectivity index (χ2v) is 6.21. The van der Waals surface area contributed by atoms with Crippen molar-refractivity contribution in [2.45, 2.75) is 39.2 Å². The van der Waals surface area contributed by atoms with Crippen LogP contribution in [0.5, 0.6) is 0 Å². The first-order valence-corrected chi connectivity index (χ1v) is 8.41. The third kappa shape index (κ3) is 4.70. The highest BCUT2D eigenvalue weighted by Crippen LogP contribution is 2.18. The summed E-state index contributed by atoms with van der Waals surface area (Å²) in [5, 5.41) is 5.64. The zero-order valence-electron chi connectivity index (χ0n) is 14.9. The number of carbonyl (C=O) groups excluding carboxylic acids is 2. The Morgan fingerprint density at radius 1 is 1.16 bits per heavy atom. The number of benzene rings is 1. The van der Waals surface area contributed by atoms with Crippen LogP contribution in [0.1, 0.15) is 53.2 Å². The number of furan rings is 1. The lowest BCUT2D eigenvalue weighted by molar-refractivity contribution is 0.0940. The van der Waals surface area contributed by atoms with Gasteiger partial charge in [-0.3, -0.25) is 9.59 Å². The van der Waals surface area contributed by atoms with Crippen LogP contribution in [0.15, 0.2) is 41.0 Å². The van der Waals surface area contributed by atoms with Crippen molar-refractivity contribution in [2.75, 3.05) is 11.9 Å². The molecule has 0 unspecified atom stereocenters. The zero-order chi connectivity index (χ0) is 18.4. The molecule has 1 aromatic heterocycles. The average molecular weight is 343 g/mol. The Labute approximate surface area is 147 Å². The lowest BCUT2D eigenvalue weighted by atomic mass is 9.94. The van der Waals surface area contributed by atoms with Crippen LogP contribution in [0, 0.1) is 6.92 Å². The molecule has 0 aliphatic heterocycles. The third-order valence-corrected chi connectivity index (χ3v) is 4.50. The van der Waals surface area contributed by atoms with Crippen LogP contribution in [0.4, 0.5) is 5.69 Å². The Kier molecular flexibility index (Phi) is 5.98. The van der Waals surface area contributed by atoms with Crippen LogP contribution in [0.25, 0.3) is 0 Å². The van der Waals surface area contributed by atoms with Gasteiger partial charge < -0.3 is 20.8 Å². The summed E-state index contributed by atoms with van der Waals surface area (Å²) in [4.78, 5) is 24.5. The van der Waals surface area contributed by atoms with Gasteiger partial charge in [0.2, 0.25) is 0 Å². The van der Waals surface area contributed by atoms with E-state index >= 15 is 0 Å². The third-order valence-electron chi connectivity index (χ3n) is 4.50. The molecule has 0 radical (unpaired) electrons. The maximum atomic E-state index is 12.4. The van der Waals surface area contributed by atoms with Gasteiger partial charge in [-0.1, -0.05) is 19.9 Å². The maximum absolute atomic E-state index is 12.4. The Morgan fingerprint density at radius 3 is 2.48 bits per heavy atom. The molecule has 1 heterocycles. The topological polar surface area (TPSA) is 97.4 Å². The molecule has 1 aromatic carbocycles. The average Bonchev–Trinajstić information content (AvgIpc) is 3.16. The molecule has 2 rings (SSSR count). The van der Waals surface area contributed by atoms with E-state index in [1.165, 1.54) is 6.26 Å². The van der Waals surface area contributed by atoms with Crippen LogP contribution < -0.4 is 16.4 Å². The zero-order valence-corrected chi connectivity index (χ0v) is 14.9. The van der Waals surface area contributed by atoms with E-state index in [1.807, 2.05) is 20.8 Å². The van der Waals surface area contributed by atoms with E-state index in [4.69, 9.17) is 10.2 Å². The maximum Gasteiger partial charge on any atom is 0.291 e. The highest BCUT2D eigenvalue weighted by molar-refractivity contribution is 6.03. The van der Waals surface area contributed by atoms with Gasteiger partial charge in [0, 0.05) is 23.3 Å². The summed E-state index contributed by atoms with van der Waals surface area (Å²) in [7, 11) is 0. The summed E-state index contributed by atoms with van der Waals surface area (Å²) >= 11 is 0. The number of carbonyl (C=O) groups is 2. The summed E-state index contributed by atoms with van der Waals surface area (Å²) in [6, 6.07) is 8.40. The fourth-order valence-electron chi connectivity index (χ4n) is 2.35. The molecule has 2 amide bonds. The van der Waals surface area contributed by atoms with Crippen LogP contribution in [0.2, 0.25) is 0 Å². The molecule has 0 fully saturated rings. The molecule has 25 heavy (non-hydrogen) atoms. The first-order valence-electron chi connectivity index (χ1n) is 8.41. The SMILES string of the molecule is CCC(N)(CC)CNC(=O)c1ccc(C)c(NC(=O)c2ccco2)c1. The van der Waals surface area contributed by atoms with E-state index in [0.29, 0.717) is 17.8 Å². The van der Waals surface area contributed by atoms with Gasteiger partial charge in [-0.25, -0.2) is 0 Å². The van der Waals surface area contributed by atoms with E-state index in [9.17, 15) is 9.59 Å². The van der Waals surface area contributed by atoms with Gasteiger partial charge in [0.1, 0.15) is 0 Å². The molecule has 2 aromatic rings. The molecule has 0 atom stereocenters. The van der Waals surface area contributed by atoms with Gasteiger partial charge in [-0.05, 0) is 49.6 Å². The molecular formula is C19H25N3O3. The van der Waals surface area contributed by atoms with Crippen LogP contribution >= 0.6 is 0 Å². The largest absolute Gasteiger partial charge is 0.459 e. The van der Waals surface area contributed by atoms with Crippen molar-refractivity contribution in [3.8, 4) is 0 Å². The van der Waals surface area contributed by atoms with E-state index < -0.39 is 5.54 Å². The smallest absolute Gasteiger partial charge is 0.291 e. The number of anilines is 1. The first-order chi connectivity index (χ1) is 11.9. The number of aryl methyl sites for hydroxylation is 1. The van der Waals surface area contributed by atoms with Crippen molar-refractivity contribution < 1.29 is 14.0 Å². The lowest BCUT2D eigenvalue weighted by Gasteiger charge is -2.26. The normalized spacial score (nSPS) is 11.2. The highest BCUT2D eigenvalue weighted by atomic mass is 16.3. The van der Waals surface area contributed by atoms with Gasteiger partial charge >= 0.3 is 0 Å². The van der Waals surface area contributed by atoms with Crippen molar-refractivity contribution in [3.63, 3.8) is 0 Å². The number of nitrogens with two attached hydrogens (primary N) is 1. The summed E-state index contributed by atoms with van der Waals surface area (Å²) in [6.45, 7) is 6.27. The Morgan fingerprint density at radius 2 is 1.88 bits per heavy atom. The van der Waals surface area contributed by atoms with Crippen molar-refractivity contribution in [1.29, 1.82) is 0 Å². The molecule has 0 spiro atoms. The van der Waals surface area contributed by atoms with Crippen LogP contribution in [0.3, 0.4) is 0 Å². The Balaban J connectivity index is 2.10. The monoisotopic (exact) mass is 343 g/mol. The fraction of sp³-hybridized carbons (Fsp3) is 0.368.